The molecule has 0 amide bonds. The standard InChI is InChI=1S/C28H33I3O7S/c1-36-27-22(30)16-21(29)25(26(27)31)28(32)38-13-12-37-23-14-20(18-10-6-3-7-11-18)24(39(33,34)35)15-19(23)17-8-4-2-5-9-17/h14-18H,2-13H2,1H3,(H,33,34,35)/p-1. The molecule has 0 aliphatic heterocycles. The van der Waals surface area contributed by atoms with Gasteiger partial charge in [0, 0.05) is 3.57 Å². The fraction of sp³-hybridized carbons (Fsp3) is 0.536. The van der Waals surface area contributed by atoms with Crippen LogP contribution in [0.3, 0.4) is 0 Å². The minimum Gasteiger partial charge on any atom is -0.744 e. The minimum atomic E-state index is -4.63. The number of ether oxygens (including phenoxy) is 3. The number of benzene rings is 2. The van der Waals surface area contributed by atoms with Gasteiger partial charge in [0.1, 0.15) is 34.8 Å². The molecular formula is C28H32I3O7S-. The van der Waals surface area contributed by atoms with Crippen LogP contribution in [0.1, 0.15) is 97.5 Å². The number of hydrogen-bond donors (Lipinski definition) is 0. The van der Waals surface area contributed by atoms with E-state index in [9.17, 15) is 17.8 Å². The highest BCUT2D eigenvalue weighted by Crippen LogP contribution is 2.44. The highest BCUT2D eigenvalue weighted by atomic mass is 127. The summed E-state index contributed by atoms with van der Waals surface area (Å²) < 4.78 is 56.7. The molecule has 11 heteroatoms. The number of carbonyl (C=O) groups excluding carboxylic acids is 1. The second-order valence-electron chi connectivity index (χ2n) is 10.1. The lowest BCUT2D eigenvalue weighted by atomic mass is 9.80. The van der Waals surface area contributed by atoms with Crippen molar-refractivity contribution in [2.75, 3.05) is 20.3 Å². The summed E-state index contributed by atoms with van der Waals surface area (Å²) in [5.41, 5.74) is 1.81. The first-order chi connectivity index (χ1) is 18.6. The predicted molar refractivity (Wildman–Crippen MR) is 173 cm³/mol. The Labute approximate surface area is 271 Å². The maximum atomic E-state index is 13.0. The smallest absolute Gasteiger partial charge is 0.340 e. The number of rotatable bonds is 9. The maximum Gasteiger partial charge on any atom is 0.340 e. The van der Waals surface area contributed by atoms with Gasteiger partial charge in [-0.05, 0) is 135 Å². The lowest BCUT2D eigenvalue weighted by molar-refractivity contribution is 0.0446. The molecule has 0 radical (unpaired) electrons. The van der Waals surface area contributed by atoms with Gasteiger partial charge in [0.2, 0.25) is 0 Å². The normalized spacial score (nSPS) is 17.2. The Morgan fingerprint density at radius 3 is 2.03 bits per heavy atom. The second-order valence-corrected chi connectivity index (χ2v) is 14.8. The Morgan fingerprint density at radius 1 is 0.872 bits per heavy atom. The SMILES string of the molecule is COc1c(I)cc(I)c(C(=O)OCCOc2cc(C3CCCCC3)c(S(=O)(=O)[O-])cc2C2CCCCC2)c1I. The number of esters is 1. The van der Waals surface area contributed by atoms with Gasteiger partial charge < -0.3 is 18.8 Å². The van der Waals surface area contributed by atoms with Crippen LogP contribution in [-0.2, 0) is 14.9 Å². The third kappa shape index (κ3) is 7.72. The molecule has 0 heterocycles. The van der Waals surface area contributed by atoms with E-state index in [0.29, 0.717) is 26.2 Å². The van der Waals surface area contributed by atoms with E-state index in [-0.39, 0.29) is 29.9 Å². The Balaban J connectivity index is 1.57. The molecule has 4 rings (SSSR count). The maximum absolute atomic E-state index is 13.0. The van der Waals surface area contributed by atoms with Gasteiger partial charge in [-0.25, -0.2) is 13.2 Å². The zero-order chi connectivity index (χ0) is 28.2. The van der Waals surface area contributed by atoms with Crippen LogP contribution < -0.4 is 9.47 Å². The van der Waals surface area contributed by atoms with Crippen molar-refractivity contribution < 1.29 is 32.0 Å². The van der Waals surface area contributed by atoms with Gasteiger partial charge in [-0.15, -0.1) is 0 Å². The quantitative estimate of drug-likeness (QED) is 0.110. The first-order valence-corrected chi connectivity index (χ1v) is 17.9. The summed E-state index contributed by atoms with van der Waals surface area (Å²) in [6, 6.07) is 5.26. The molecule has 0 unspecified atom stereocenters. The van der Waals surface area contributed by atoms with Gasteiger partial charge in [-0.3, -0.25) is 0 Å². The van der Waals surface area contributed by atoms with Crippen molar-refractivity contribution in [1.29, 1.82) is 0 Å². The van der Waals surface area contributed by atoms with Crippen molar-refractivity contribution in [3.63, 3.8) is 0 Å². The largest absolute Gasteiger partial charge is 0.744 e. The Bertz CT molecular complexity index is 1300. The molecule has 39 heavy (non-hydrogen) atoms. The minimum absolute atomic E-state index is 0.0260. The molecule has 2 aromatic rings. The number of methoxy groups -OCH3 is 1. The van der Waals surface area contributed by atoms with E-state index in [2.05, 4.69) is 67.8 Å². The Kier molecular flexibility index (Phi) is 11.5. The summed E-state index contributed by atoms with van der Waals surface area (Å²) in [4.78, 5) is 12.9. The molecule has 2 aliphatic carbocycles. The monoisotopic (exact) mass is 893 g/mol. The topological polar surface area (TPSA) is 102 Å². The highest BCUT2D eigenvalue weighted by Gasteiger charge is 2.27. The Morgan fingerprint density at radius 2 is 1.46 bits per heavy atom. The van der Waals surface area contributed by atoms with E-state index in [0.717, 1.165) is 76.9 Å². The molecular weight excluding hydrogens is 861 g/mol. The zero-order valence-corrected chi connectivity index (χ0v) is 29.1. The van der Waals surface area contributed by atoms with Crippen molar-refractivity contribution in [3.05, 3.63) is 45.6 Å². The van der Waals surface area contributed by atoms with E-state index in [4.69, 9.17) is 14.2 Å². The molecule has 0 atom stereocenters. The van der Waals surface area contributed by atoms with Gasteiger partial charge in [0.05, 0.1) is 24.7 Å². The lowest BCUT2D eigenvalue weighted by Crippen LogP contribution is -2.17. The van der Waals surface area contributed by atoms with Crippen LogP contribution in [0.25, 0.3) is 0 Å². The third-order valence-corrected chi connectivity index (χ3v) is 11.2. The van der Waals surface area contributed by atoms with Crippen LogP contribution in [0.4, 0.5) is 0 Å². The lowest BCUT2D eigenvalue weighted by Gasteiger charge is -2.29. The van der Waals surface area contributed by atoms with E-state index < -0.39 is 16.1 Å². The van der Waals surface area contributed by atoms with Crippen molar-refractivity contribution in [1.82, 2.24) is 0 Å². The molecule has 0 aromatic heterocycles. The summed E-state index contributed by atoms with van der Waals surface area (Å²) in [6.07, 6.45) is 9.99. The highest BCUT2D eigenvalue weighted by molar-refractivity contribution is 14.1. The molecule has 2 aliphatic rings. The van der Waals surface area contributed by atoms with Gasteiger partial charge >= 0.3 is 5.97 Å². The van der Waals surface area contributed by atoms with Crippen molar-refractivity contribution in [3.8, 4) is 11.5 Å². The van der Waals surface area contributed by atoms with Gasteiger partial charge in [-0.2, -0.15) is 0 Å². The zero-order valence-electron chi connectivity index (χ0n) is 21.8. The van der Waals surface area contributed by atoms with Crippen molar-refractivity contribution >= 4 is 83.9 Å². The number of halogens is 3. The second kappa shape index (κ2) is 14.2. The predicted octanol–water partition coefficient (Wildman–Crippen LogP) is 7.74. The summed E-state index contributed by atoms with van der Waals surface area (Å²) in [5, 5.41) is 0. The van der Waals surface area contributed by atoms with Crippen LogP contribution >= 0.6 is 67.8 Å². The van der Waals surface area contributed by atoms with E-state index in [1.54, 1.807) is 19.2 Å². The van der Waals surface area contributed by atoms with Crippen LogP contribution in [-0.4, -0.2) is 39.3 Å². The molecule has 2 saturated carbocycles. The molecule has 214 valence electrons. The average molecular weight is 893 g/mol. The average Bonchev–Trinajstić information content (AvgIpc) is 2.91. The van der Waals surface area contributed by atoms with Gasteiger partial charge in [0.25, 0.3) is 0 Å². The van der Waals surface area contributed by atoms with E-state index in [1.807, 2.05) is 6.07 Å². The van der Waals surface area contributed by atoms with Gasteiger partial charge in [-0.1, -0.05) is 38.5 Å². The van der Waals surface area contributed by atoms with Crippen LogP contribution in [0.2, 0.25) is 0 Å². The summed E-state index contributed by atoms with van der Waals surface area (Å²) in [5.74, 6) is 0.953. The van der Waals surface area contributed by atoms with Crippen molar-refractivity contribution in [2.24, 2.45) is 0 Å². The van der Waals surface area contributed by atoms with E-state index >= 15 is 0 Å². The third-order valence-electron chi connectivity index (χ3n) is 7.61. The van der Waals surface area contributed by atoms with Gasteiger partial charge in [0.15, 0.2) is 0 Å². The summed E-state index contributed by atoms with van der Waals surface area (Å²) >= 11 is 6.40. The molecule has 7 nitrogen and oxygen atoms in total. The Hall–Kier alpha value is -0.390. The molecule has 2 fully saturated rings. The molecule has 0 saturated heterocycles. The van der Waals surface area contributed by atoms with E-state index in [1.165, 1.54) is 0 Å². The molecule has 0 N–H and O–H groups in total. The van der Waals surface area contributed by atoms with Crippen molar-refractivity contribution in [2.45, 2.75) is 80.9 Å². The first-order valence-electron chi connectivity index (χ1n) is 13.3. The number of carbonyl (C=O) groups is 1. The molecule has 2 aromatic carbocycles. The fourth-order valence-corrected chi connectivity index (χ4v) is 10.7. The summed E-state index contributed by atoms with van der Waals surface area (Å²) in [7, 11) is -3.06. The summed E-state index contributed by atoms with van der Waals surface area (Å²) in [6.45, 7) is 0.150. The van der Waals surface area contributed by atoms with Crippen LogP contribution in [0.15, 0.2) is 23.1 Å². The first kappa shape index (κ1) is 31.5. The fourth-order valence-electron chi connectivity index (χ4n) is 5.70. The van der Waals surface area contributed by atoms with Crippen LogP contribution in [0.5, 0.6) is 11.5 Å². The molecule has 0 bridgehead atoms. The van der Waals surface area contributed by atoms with Crippen LogP contribution in [0, 0.1) is 10.7 Å². The number of hydrogen-bond acceptors (Lipinski definition) is 7. The molecule has 0 spiro atoms.